The zero-order valence-corrected chi connectivity index (χ0v) is 15.4. The summed E-state index contributed by atoms with van der Waals surface area (Å²) in [5, 5.41) is 2.69. The molecule has 1 atom stereocenters. The van der Waals surface area contributed by atoms with E-state index < -0.39 is 11.9 Å². The van der Waals surface area contributed by atoms with E-state index in [9.17, 15) is 14.4 Å². The number of nitrogens with zero attached hydrogens (tertiary/aromatic N) is 1. The molecule has 0 aliphatic carbocycles. The van der Waals surface area contributed by atoms with Crippen LogP contribution in [-0.2, 0) is 14.4 Å². The number of carbonyl (C=O) groups excluding carboxylic acids is 3. The third-order valence-corrected chi connectivity index (χ3v) is 4.57. The molecule has 0 bridgehead atoms. The second-order valence-electron chi connectivity index (χ2n) is 6.84. The van der Waals surface area contributed by atoms with Crippen molar-refractivity contribution in [1.82, 2.24) is 10.2 Å². The Morgan fingerprint density at radius 2 is 1.96 bits per heavy atom. The maximum Gasteiger partial charge on any atom is 0.244 e. The van der Waals surface area contributed by atoms with Gasteiger partial charge in [0.2, 0.25) is 17.7 Å². The van der Waals surface area contributed by atoms with Crippen molar-refractivity contribution in [2.75, 3.05) is 13.1 Å². The Morgan fingerprint density at radius 3 is 2.58 bits per heavy atom. The summed E-state index contributed by atoms with van der Waals surface area (Å²) in [4.78, 5) is 36.9. The van der Waals surface area contributed by atoms with E-state index in [1.54, 1.807) is 6.08 Å². The van der Waals surface area contributed by atoms with Crippen molar-refractivity contribution < 1.29 is 14.4 Å². The number of primary amides is 1. The highest BCUT2D eigenvalue weighted by atomic mass is 16.2. The monoisotopic (exact) mass is 357 g/mol. The van der Waals surface area contributed by atoms with Gasteiger partial charge in [-0.15, -0.1) is 0 Å². The summed E-state index contributed by atoms with van der Waals surface area (Å²) >= 11 is 0. The van der Waals surface area contributed by atoms with E-state index in [1.165, 1.54) is 16.5 Å². The first-order valence-corrected chi connectivity index (χ1v) is 9.03. The highest BCUT2D eigenvalue weighted by molar-refractivity contribution is 5.92. The Kier molecular flexibility index (Phi) is 6.95. The second kappa shape index (κ2) is 9.17. The Labute approximate surface area is 154 Å². The lowest BCUT2D eigenvalue weighted by Gasteiger charge is -2.22. The van der Waals surface area contributed by atoms with Crippen LogP contribution in [-0.4, -0.2) is 41.8 Å². The number of hydrogen-bond donors (Lipinski definition) is 2. The summed E-state index contributed by atoms with van der Waals surface area (Å²) in [5.41, 5.74) is 7.51. The second-order valence-corrected chi connectivity index (χ2v) is 6.84. The van der Waals surface area contributed by atoms with Crippen LogP contribution < -0.4 is 11.1 Å². The predicted octanol–water partition coefficient (Wildman–Crippen LogP) is 1.81. The third kappa shape index (κ3) is 5.44. The van der Waals surface area contributed by atoms with E-state index in [0.717, 1.165) is 12.0 Å². The molecule has 1 unspecified atom stereocenters. The minimum absolute atomic E-state index is 0.153. The number of amides is 3. The molecular weight excluding hydrogens is 330 g/mol. The van der Waals surface area contributed by atoms with Crippen molar-refractivity contribution in [1.29, 1.82) is 0 Å². The van der Waals surface area contributed by atoms with E-state index in [-0.39, 0.29) is 24.8 Å². The molecule has 3 amide bonds. The van der Waals surface area contributed by atoms with Crippen molar-refractivity contribution in [2.24, 2.45) is 5.73 Å². The molecule has 1 aromatic carbocycles. The van der Waals surface area contributed by atoms with Gasteiger partial charge in [-0.2, -0.15) is 0 Å². The number of likely N-dealkylation sites (tertiary alicyclic amines) is 1. The summed E-state index contributed by atoms with van der Waals surface area (Å²) in [5.74, 6) is -0.400. The smallest absolute Gasteiger partial charge is 0.244 e. The summed E-state index contributed by atoms with van der Waals surface area (Å²) < 4.78 is 0. The van der Waals surface area contributed by atoms with Crippen molar-refractivity contribution in [2.45, 2.75) is 45.1 Å². The van der Waals surface area contributed by atoms with Gasteiger partial charge in [-0.25, -0.2) is 0 Å². The fraction of sp³-hybridized carbons (Fsp3) is 0.450. The fourth-order valence-corrected chi connectivity index (χ4v) is 3.02. The van der Waals surface area contributed by atoms with Gasteiger partial charge in [0.15, 0.2) is 0 Å². The van der Waals surface area contributed by atoms with Gasteiger partial charge in [-0.3, -0.25) is 14.4 Å². The fourth-order valence-electron chi connectivity index (χ4n) is 3.02. The lowest BCUT2D eigenvalue weighted by molar-refractivity contribution is -0.137. The van der Waals surface area contributed by atoms with Crippen molar-refractivity contribution in [3.63, 3.8) is 0 Å². The summed E-state index contributed by atoms with van der Waals surface area (Å²) in [7, 11) is 0. The SMILES string of the molecule is CC(C)c1ccc(/C=C/C(=O)NCCC(=O)N2CCCC2C(N)=O)cc1. The lowest BCUT2D eigenvalue weighted by Crippen LogP contribution is -2.44. The van der Waals surface area contributed by atoms with Gasteiger partial charge in [0, 0.05) is 25.6 Å². The molecule has 0 spiro atoms. The highest BCUT2D eigenvalue weighted by Crippen LogP contribution is 2.17. The number of benzene rings is 1. The molecule has 1 fully saturated rings. The number of rotatable bonds is 7. The molecule has 3 N–H and O–H groups in total. The van der Waals surface area contributed by atoms with Crippen molar-refractivity contribution in [3.05, 3.63) is 41.5 Å². The standard InChI is InChI=1S/C20H27N3O3/c1-14(2)16-8-5-15(6-9-16)7-10-18(24)22-12-11-19(25)23-13-3-4-17(23)20(21)26/h5-10,14,17H,3-4,11-13H2,1-2H3,(H2,21,26)(H,22,24)/b10-7+. The maximum atomic E-state index is 12.2. The first-order chi connectivity index (χ1) is 12.4. The first kappa shape index (κ1) is 19.7. The van der Waals surface area contributed by atoms with Gasteiger partial charge in [0.1, 0.15) is 6.04 Å². The van der Waals surface area contributed by atoms with Crippen LogP contribution >= 0.6 is 0 Å². The normalized spacial score (nSPS) is 17.0. The van der Waals surface area contributed by atoms with Crippen LogP contribution in [0.25, 0.3) is 6.08 Å². The number of hydrogen-bond acceptors (Lipinski definition) is 3. The zero-order chi connectivity index (χ0) is 19.1. The minimum Gasteiger partial charge on any atom is -0.368 e. The molecule has 0 saturated carbocycles. The van der Waals surface area contributed by atoms with E-state index in [2.05, 4.69) is 19.2 Å². The molecule has 1 saturated heterocycles. The topological polar surface area (TPSA) is 92.5 Å². The van der Waals surface area contributed by atoms with Crippen LogP contribution in [0.3, 0.4) is 0 Å². The van der Waals surface area contributed by atoms with Gasteiger partial charge in [0.25, 0.3) is 0 Å². The van der Waals surface area contributed by atoms with Crippen LogP contribution in [0, 0.1) is 0 Å². The average molecular weight is 357 g/mol. The summed E-state index contributed by atoms with van der Waals surface area (Å²) in [6, 6.07) is 7.53. The molecule has 1 aliphatic heterocycles. The van der Waals surface area contributed by atoms with Crippen LogP contribution in [0.1, 0.15) is 50.2 Å². The Morgan fingerprint density at radius 1 is 1.27 bits per heavy atom. The van der Waals surface area contributed by atoms with Crippen molar-refractivity contribution in [3.8, 4) is 0 Å². The van der Waals surface area contributed by atoms with E-state index >= 15 is 0 Å². The van der Waals surface area contributed by atoms with Crippen LogP contribution in [0.4, 0.5) is 0 Å². The largest absolute Gasteiger partial charge is 0.368 e. The average Bonchev–Trinajstić information content (AvgIpc) is 3.10. The molecule has 6 nitrogen and oxygen atoms in total. The molecule has 0 aromatic heterocycles. The maximum absolute atomic E-state index is 12.2. The molecule has 1 heterocycles. The summed E-state index contributed by atoms with van der Waals surface area (Å²) in [6.07, 6.45) is 4.75. The first-order valence-electron chi connectivity index (χ1n) is 9.03. The van der Waals surface area contributed by atoms with E-state index in [0.29, 0.717) is 18.9 Å². The molecule has 140 valence electrons. The zero-order valence-electron chi connectivity index (χ0n) is 15.4. The third-order valence-electron chi connectivity index (χ3n) is 4.57. The van der Waals surface area contributed by atoms with Crippen LogP contribution in [0.15, 0.2) is 30.3 Å². The van der Waals surface area contributed by atoms with Gasteiger partial charge in [0.05, 0.1) is 0 Å². The highest BCUT2D eigenvalue weighted by Gasteiger charge is 2.32. The van der Waals surface area contributed by atoms with Gasteiger partial charge in [-0.05, 0) is 36.0 Å². The van der Waals surface area contributed by atoms with E-state index in [4.69, 9.17) is 5.73 Å². The Hall–Kier alpha value is -2.63. The molecule has 26 heavy (non-hydrogen) atoms. The van der Waals surface area contributed by atoms with Crippen LogP contribution in [0.5, 0.6) is 0 Å². The van der Waals surface area contributed by atoms with Gasteiger partial charge in [-0.1, -0.05) is 38.1 Å². The predicted molar refractivity (Wildman–Crippen MR) is 101 cm³/mol. The molecule has 6 heteroatoms. The van der Waals surface area contributed by atoms with Crippen LogP contribution in [0.2, 0.25) is 0 Å². The summed E-state index contributed by atoms with van der Waals surface area (Å²) in [6.45, 7) is 5.05. The number of carbonyl (C=O) groups is 3. The molecular formula is C20H27N3O3. The van der Waals surface area contributed by atoms with Crippen molar-refractivity contribution >= 4 is 23.8 Å². The molecule has 0 radical (unpaired) electrons. The number of nitrogens with two attached hydrogens (primary N) is 1. The Balaban J connectivity index is 1.76. The molecule has 2 rings (SSSR count). The Bertz CT molecular complexity index is 680. The quantitative estimate of drug-likeness (QED) is 0.729. The van der Waals surface area contributed by atoms with Gasteiger partial charge < -0.3 is 16.0 Å². The lowest BCUT2D eigenvalue weighted by atomic mass is 10.0. The van der Waals surface area contributed by atoms with Gasteiger partial charge >= 0.3 is 0 Å². The minimum atomic E-state index is -0.507. The number of nitrogens with one attached hydrogen (secondary N) is 1. The molecule has 1 aromatic rings. The van der Waals surface area contributed by atoms with E-state index in [1.807, 2.05) is 24.3 Å². The molecule has 1 aliphatic rings.